The van der Waals surface area contributed by atoms with E-state index in [1.165, 1.54) is 0 Å². The maximum absolute atomic E-state index is 12.4. The summed E-state index contributed by atoms with van der Waals surface area (Å²) < 4.78 is 5.70. The van der Waals surface area contributed by atoms with Crippen molar-refractivity contribution in [1.82, 2.24) is 4.98 Å². The van der Waals surface area contributed by atoms with Gasteiger partial charge in [0.25, 0.3) is 5.91 Å². The SMILES string of the molecule is C=CCNc1ccnc(C(=O)Nc2ccccc2OC(C)C)c1. The Kier molecular flexibility index (Phi) is 5.74. The molecule has 2 aromatic rings. The van der Waals surface area contributed by atoms with Gasteiger partial charge in [-0.2, -0.15) is 0 Å². The first-order valence-electron chi connectivity index (χ1n) is 7.48. The van der Waals surface area contributed by atoms with E-state index >= 15 is 0 Å². The Morgan fingerprint density at radius 2 is 2.13 bits per heavy atom. The smallest absolute Gasteiger partial charge is 0.274 e. The predicted molar refractivity (Wildman–Crippen MR) is 93.1 cm³/mol. The van der Waals surface area contributed by atoms with Crippen LogP contribution in [0.2, 0.25) is 0 Å². The number of pyridine rings is 1. The first-order chi connectivity index (χ1) is 11.1. The fourth-order valence-corrected chi connectivity index (χ4v) is 1.97. The maximum atomic E-state index is 12.4. The van der Waals surface area contributed by atoms with Crippen molar-refractivity contribution in [2.24, 2.45) is 0 Å². The first-order valence-corrected chi connectivity index (χ1v) is 7.48. The van der Waals surface area contributed by atoms with Gasteiger partial charge in [-0.3, -0.25) is 9.78 Å². The highest BCUT2D eigenvalue weighted by atomic mass is 16.5. The molecule has 0 unspecified atom stereocenters. The minimum Gasteiger partial charge on any atom is -0.489 e. The topological polar surface area (TPSA) is 63.2 Å². The van der Waals surface area contributed by atoms with Crippen molar-refractivity contribution in [2.45, 2.75) is 20.0 Å². The van der Waals surface area contributed by atoms with Gasteiger partial charge in [0.15, 0.2) is 0 Å². The molecule has 0 aliphatic carbocycles. The van der Waals surface area contributed by atoms with E-state index in [1.807, 2.05) is 32.0 Å². The summed E-state index contributed by atoms with van der Waals surface area (Å²) in [6, 6.07) is 10.8. The molecule has 0 bridgehead atoms. The second kappa shape index (κ2) is 7.98. The fraction of sp³-hybridized carbons (Fsp3) is 0.222. The molecule has 0 saturated carbocycles. The highest BCUT2D eigenvalue weighted by molar-refractivity contribution is 6.04. The Bertz CT molecular complexity index is 683. The highest BCUT2D eigenvalue weighted by Crippen LogP contribution is 2.25. The third kappa shape index (κ3) is 4.85. The average molecular weight is 311 g/mol. The molecule has 23 heavy (non-hydrogen) atoms. The predicted octanol–water partition coefficient (Wildman–Crippen LogP) is 3.72. The van der Waals surface area contributed by atoms with Crippen LogP contribution in [0.3, 0.4) is 0 Å². The Balaban J connectivity index is 2.14. The van der Waals surface area contributed by atoms with Crippen LogP contribution in [-0.4, -0.2) is 23.5 Å². The fourth-order valence-electron chi connectivity index (χ4n) is 1.97. The molecule has 0 spiro atoms. The van der Waals surface area contributed by atoms with Crippen LogP contribution in [0.15, 0.2) is 55.3 Å². The number of hydrogen-bond donors (Lipinski definition) is 2. The number of carbonyl (C=O) groups is 1. The minimum absolute atomic E-state index is 0.0256. The van der Waals surface area contributed by atoms with Crippen LogP contribution in [0.1, 0.15) is 24.3 Å². The number of rotatable bonds is 7. The van der Waals surface area contributed by atoms with Gasteiger partial charge in [0, 0.05) is 18.4 Å². The largest absolute Gasteiger partial charge is 0.489 e. The maximum Gasteiger partial charge on any atom is 0.274 e. The molecule has 1 amide bonds. The van der Waals surface area contributed by atoms with Gasteiger partial charge in [0.05, 0.1) is 11.8 Å². The number of benzene rings is 1. The number of nitrogens with one attached hydrogen (secondary N) is 2. The average Bonchev–Trinajstić information content (AvgIpc) is 2.54. The van der Waals surface area contributed by atoms with Gasteiger partial charge >= 0.3 is 0 Å². The third-order valence-corrected chi connectivity index (χ3v) is 2.94. The molecule has 0 aliphatic heterocycles. The van der Waals surface area contributed by atoms with Crippen molar-refractivity contribution in [3.8, 4) is 5.75 Å². The molecule has 2 N–H and O–H groups in total. The molecule has 0 fully saturated rings. The summed E-state index contributed by atoms with van der Waals surface area (Å²) in [5.41, 5.74) is 1.77. The summed E-state index contributed by atoms with van der Waals surface area (Å²) >= 11 is 0. The van der Waals surface area contributed by atoms with E-state index < -0.39 is 0 Å². The Hall–Kier alpha value is -2.82. The summed E-state index contributed by atoms with van der Waals surface area (Å²) in [5.74, 6) is 0.351. The van der Waals surface area contributed by atoms with E-state index in [-0.39, 0.29) is 12.0 Å². The van der Waals surface area contributed by atoms with Gasteiger partial charge in [-0.15, -0.1) is 6.58 Å². The Morgan fingerprint density at radius 3 is 2.87 bits per heavy atom. The summed E-state index contributed by atoms with van der Waals surface area (Å²) in [5, 5.41) is 5.97. The standard InChI is InChI=1S/C18H21N3O2/c1-4-10-19-14-9-11-20-16(12-14)18(22)21-15-7-5-6-8-17(15)23-13(2)3/h4-9,11-13H,1,10H2,2-3H3,(H,19,20)(H,21,22). The highest BCUT2D eigenvalue weighted by Gasteiger charge is 2.12. The van der Waals surface area contributed by atoms with Crippen LogP contribution in [0.4, 0.5) is 11.4 Å². The minimum atomic E-state index is -0.285. The molecule has 5 heteroatoms. The molecule has 1 heterocycles. The molecule has 0 aliphatic rings. The summed E-state index contributed by atoms with van der Waals surface area (Å²) in [6.07, 6.45) is 3.37. The van der Waals surface area contributed by atoms with E-state index in [9.17, 15) is 4.79 Å². The first kappa shape index (κ1) is 16.5. The zero-order valence-electron chi connectivity index (χ0n) is 13.4. The summed E-state index contributed by atoms with van der Waals surface area (Å²) in [7, 11) is 0. The number of hydrogen-bond acceptors (Lipinski definition) is 4. The van der Waals surface area contributed by atoms with Crippen molar-refractivity contribution >= 4 is 17.3 Å². The molecule has 120 valence electrons. The molecular weight excluding hydrogens is 290 g/mol. The second-order valence-electron chi connectivity index (χ2n) is 5.22. The van der Waals surface area contributed by atoms with E-state index in [4.69, 9.17) is 4.74 Å². The number of nitrogens with zero attached hydrogens (tertiary/aromatic N) is 1. The number of carbonyl (C=O) groups excluding carboxylic acids is 1. The van der Waals surface area contributed by atoms with Gasteiger partial charge in [-0.05, 0) is 38.1 Å². The number of amides is 1. The lowest BCUT2D eigenvalue weighted by Gasteiger charge is -2.14. The molecule has 1 aromatic heterocycles. The number of para-hydroxylation sites is 2. The molecule has 5 nitrogen and oxygen atoms in total. The van der Waals surface area contributed by atoms with Crippen LogP contribution in [0, 0.1) is 0 Å². The summed E-state index contributed by atoms with van der Waals surface area (Å²) in [4.78, 5) is 16.5. The van der Waals surface area contributed by atoms with E-state index in [2.05, 4.69) is 22.2 Å². The lowest BCUT2D eigenvalue weighted by molar-refractivity contribution is 0.102. The molecule has 2 rings (SSSR count). The lowest BCUT2D eigenvalue weighted by atomic mass is 10.2. The van der Waals surface area contributed by atoms with E-state index in [1.54, 1.807) is 30.5 Å². The normalized spacial score (nSPS) is 10.2. The van der Waals surface area contributed by atoms with Crippen LogP contribution < -0.4 is 15.4 Å². The van der Waals surface area contributed by atoms with Crippen molar-refractivity contribution in [3.63, 3.8) is 0 Å². The Labute approximate surface area is 136 Å². The number of aromatic nitrogens is 1. The van der Waals surface area contributed by atoms with E-state index in [0.29, 0.717) is 23.7 Å². The van der Waals surface area contributed by atoms with Crippen LogP contribution in [0.25, 0.3) is 0 Å². The number of anilines is 2. The third-order valence-electron chi connectivity index (χ3n) is 2.94. The molecule has 0 radical (unpaired) electrons. The quantitative estimate of drug-likeness (QED) is 0.765. The van der Waals surface area contributed by atoms with E-state index in [0.717, 1.165) is 5.69 Å². The molecule has 1 aromatic carbocycles. The molecule has 0 saturated heterocycles. The van der Waals surface area contributed by atoms with Crippen LogP contribution in [-0.2, 0) is 0 Å². The van der Waals surface area contributed by atoms with Crippen molar-refractivity contribution in [2.75, 3.05) is 17.2 Å². The van der Waals surface area contributed by atoms with Crippen LogP contribution >= 0.6 is 0 Å². The lowest BCUT2D eigenvalue weighted by Crippen LogP contribution is -2.16. The second-order valence-corrected chi connectivity index (χ2v) is 5.22. The summed E-state index contributed by atoms with van der Waals surface area (Å²) in [6.45, 7) is 8.15. The van der Waals surface area contributed by atoms with Gasteiger partial charge in [-0.1, -0.05) is 18.2 Å². The molecular formula is C18H21N3O2. The number of ether oxygens (including phenoxy) is 1. The van der Waals surface area contributed by atoms with Gasteiger partial charge in [0.1, 0.15) is 11.4 Å². The van der Waals surface area contributed by atoms with Crippen LogP contribution in [0.5, 0.6) is 5.75 Å². The van der Waals surface area contributed by atoms with Crippen molar-refractivity contribution < 1.29 is 9.53 Å². The van der Waals surface area contributed by atoms with Gasteiger partial charge in [0.2, 0.25) is 0 Å². The Morgan fingerprint density at radius 1 is 1.35 bits per heavy atom. The zero-order chi connectivity index (χ0) is 16.7. The monoisotopic (exact) mass is 311 g/mol. The van der Waals surface area contributed by atoms with Gasteiger partial charge in [-0.25, -0.2) is 0 Å². The van der Waals surface area contributed by atoms with Crippen molar-refractivity contribution in [1.29, 1.82) is 0 Å². The molecule has 0 atom stereocenters. The van der Waals surface area contributed by atoms with Gasteiger partial charge < -0.3 is 15.4 Å². The van der Waals surface area contributed by atoms with Crippen molar-refractivity contribution in [3.05, 3.63) is 60.9 Å². The zero-order valence-corrected chi connectivity index (χ0v) is 13.4.